The van der Waals surface area contributed by atoms with Crippen LogP contribution in [0.15, 0.2) is 105 Å². The number of allylic oxidation sites excluding steroid dienone is 5. The molecule has 4 aromatic carbocycles. The number of carbonyl (C=O) groups excluding carboxylic acids is 5. The number of hydrogen-bond acceptors (Lipinski definition) is 14. The molecule has 1 saturated heterocycles. The average Bonchev–Trinajstić information content (AvgIpc) is 3.77. The van der Waals surface area contributed by atoms with E-state index >= 15 is 0 Å². The number of ketones is 1. The van der Waals surface area contributed by atoms with Gasteiger partial charge >= 0.3 is 5.97 Å². The Morgan fingerprint density at radius 1 is 0.771 bits per heavy atom. The molecule has 1 radical (unpaired) electrons. The third-order valence-electron chi connectivity index (χ3n) is 12.9. The zero-order valence-electron chi connectivity index (χ0n) is 38.9. The van der Waals surface area contributed by atoms with Crippen molar-refractivity contribution < 1.29 is 72.9 Å². The summed E-state index contributed by atoms with van der Waals surface area (Å²) in [6.45, 7) is 7.18. The fraction of sp³-hybridized carbons (Fsp3) is 0.319. The number of imide groups is 1. The Bertz CT molecular complexity index is 3490. The van der Waals surface area contributed by atoms with Crippen LogP contribution in [0, 0.1) is 0 Å². The maximum atomic E-state index is 14.4. The van der Waals surface area contributed by atoms with Gasteiger partial charge in [0.2, 0.25) is 28.0 Å². The van der Waals surface area contributed by atoms with Crippen LogP contribution in [0.3, 0.4) is 0 Å². The van der Waals surface area contributed by atoms with Crippen molar-refractivity contribution in [3.8, 4) is 0 Å². The standard InChI is InChI=1S/C47H46N4O15S3.K/c1-46(2)36(49(20-8-6-7-9-41(55)66-51-39(53)18-19-40(51)54)34-16-10-26-21-28(68(60,61)62)12-14-30(26)42(34)46)23-32-44(56)33(45(32)57)24-37-47(3,4)43-31-15-13-29(69(63,64)65)22-27(31)11-17-35(43)50(37)25-38(52)48-67(5,58)59;/h10-17,21-24H,6-9,18-20,25H2,1-5H3,(H3-,48,52,56,57,60,61,62,63,64,65);/p+1. The molecule has 70 heavy (non-hydrogen) atoms. The Labute approximate surface area is 445 Å². The molecule has 19 nitrogen and oxygen atoms in total. The summed E-state index contributed by atoms with van der Waals surface area (Å²) in [6, 6.07) is 14.9. The summed E-state index contributed by atoms with van der Waals surface area (Å²) in [7, 11) is -13.1. The summed E-state index contributed by atoms with van der Waals surface area (Å²) in [6.07, 6.45) is 5.03. The second kappa shape index (κ2) is 18.9. The van der Waals surface area contributed by atoms with Crippen molar-refractivity contribution in [1.29, 1.82) is 0 Å². The molecule has 0 bridgehead atoms. The molecule has 1 aliphatic carbocycles. The SMILES string of the molecule is CC1(C)C(/C=C2\C(=O)C(/C=C3/N(CCCCCC(=O)ON4C(=O)CCC4=O)c4ccc5cc(S(=O)(=O)O)ccc5c4C3(C)C)=C2O)=[N+](CC(=O)NS(C)(=O)=O)c2ccc3cc(S(=O)(=O)O)ccc3c21.[K]. The fourth-order valence-electron chi connectivity index (χ4n) is 9.68. The normalized spacial score (nSPS) is 18.8. The van der Waals surface area contributed by atoms with Crippen LogP contribution in [-0.2, 0) is 69.9 Å². The number of rotatable bonds is 14. The number of benzene rings is 4. The minimum atomic E-state index is -4.56. The van der Waals surface area contributed by atoms with E-state index < -0.39 is 77.1 Å². The van der Waals surface area contributed by atoms with Gasteiger partial charge in [-0.25, -0.2) is 17.9 Å². The number of aliphatic hydroxyl groups excluding tert-OH is 1. The molecule has 4 N–H and O–H groups in total. The summed E-state index contributed by atoms with van der Waals surface area (Å²) in [4.78, 5) is 70.2. The minimum Gasteiger partial charge on any atom is -0.506 e. The number of hydroxylamine groups is 2. The first-order valence-electron chi connectivity index (χ1n) is 21.6. The average molecular weight is 1040 g/mol. The van der Waals surface area contributed by atoms with Gasteiger partial charge in [0, 0.05) is 112 Å². The van der Waals surface area contributed by atoms with Gasteiger partial charge in [0.05, 0.1) is 32.6 Å². The number of aliphatic hydroxyl groups is 1. The second-order valence-corrected chi connectivity index (χ2v) is 22.9. The first-order chi connectivity index (χ1) is 32.1. The molecule has 0 saturated carbocycles. The number of nitrogens with one attached hydrogen (secondary N) is 1. The van der Waals surface area contributed by atoms with Gasteiger partial charge in [0.25, 0.3) is 38.0 Å². The van der Waals surface area contributed by atoms with E-state index in [0.29, 0.717) is 80.8 Å². The second-order valence-electron chi connectivity index (χ2n) is 18.3. The van der Waals surface area contributed by atoms with Crippen LogP contribution in [0.1, 0.15) is 77.3 Å². The topological polar surface area (TPSA) is 279 Å². The van der Waals surface area contributed by atoms with E-state index in [0.717, 1.165) is 11.8 Å². The molecule has 0 spiro atoms. The van der Waals surface area contributed by atoms with Gasteiger partial charge in [0.15, 0.2) is 5.71 Å². The third kappa shape index (κ3) is 9.84. The smallest absolute Gasteiger partial charge is 0.333 e. The molecule has 0 atom stereocenters. The summed E-state index contributed by atoms with van der Waals surface area (Å²) >= 11 is 0. The molecule has 4 aliphatic rings. The Balaban J connectivity index is 0.00000722. The Morgan fingerprint density at radius 2 is 1.34 bits per heavy atom. The minimum absolute atomic E-state index is 0. The summed E-state index contributed by atoms with van der Waals surface area (Å²) < 4.78 is 95.3. The molecule has 8 rings (SSSR count). The molecular formula is C47H47KN4O15S3+. The van der Waals surface area contributed by atoms with E-state index in [1.54, 1.807) is 50.3 Å². The number of nitrogens with zero attached hydrogens (tertiary/aromatic N) is 3. The van der Waals surface area contributed by atoms with Crippen LogP contribution < -0.4 is 9.62 Å². The number of sulfonamides is 1. The van der Waals surface area contributed by atoms with E-state index in [9.17, 15) is 63.4 Å². The van der Waals surface area contributed by atoms with E-state index in [4.69, 9.17) is 4.84 Å². The van der Waals surface area contributed by atoms with Crippen molar-refractivity contribution >= 4 is 150 Å². The van der Waals surface area contributed by atoms with Crippen molar-refractivity contribution in [3.05, 3.63) is 107 Å². The molecule has 363 valence electrons. The zero-order chi connectivity index (χ0) is 50.3. The van der Waals surface area contributed by atoms with E-state index in [2.05, 4.69) is 0 Å². The van der Waals surface area contributed by atoms with Gasteiger partial charge in [0.1, 0.15) is 5.76 Å². The number of hydrogen-bond donors (Lipinski definition) is 4. The molecule has 3 aliphatic heterocycles. The molecule has 1 fully saturated rings. The van der Waals surface area contributed by atoms with E-state index in [-0.39, 0.29) is 97.3 Å². The predicted molar refractivity (Wildman–Crippen MR) is 256 cm³/mol. The maximum absolute atomic E-state index is 14.4. The largest absolute Gasteiger partial charge is 0.506 e. The number of Topliss-reactive ketones (excluding diaryl/α,β-unsaturated/α-hetero) is 1. The van der Waals surface area contributed by atoms with Gasteiger partial charge in [-0.2, -0.15) is 21.4 Å². The van der Waals surface area contributed by atoms with Crippen molar-refractivity contribution in [3.63, 3.8) is 0 Å². The Kier molecular flexibility index (Phi) is 14.3. The first-order valence-corrected chi connectivity index (χ1v) is 26.4. The summed E-state index contributed by atoms with van der Waals surface area (Å²) in [5.41, 5.74) is 1.28. The van der Waals surface area contributed by atoms with Gasteiger partial charge in [-0.15, -0.1) is 5.06 Å². The number of anilines is 1. The van der Waals surface area contributed by atoms with Gasteiger partial charge < -0.3 is 14.8 Å². The number of carbonyl (C=O) groups is 5. The molecule has 3 heterocycles. The maximum Gasteiger partial charge on any atom is 0.333 e. The van der Waals surface area contributed by atoms with Crippen LogP contribution in [0.25, 0.3) is 21.5 Å². The van der Waals surface area contributed by atoms with Crippen LogP contribution >= 0.6 is 0 Å². The van der Waals surface area contributed by atoms with Gasteiger partial charge in [-0.3, -0.25) is 28.3 Å². The van der Waals surface area contributed by atoms with E-state index in [1.165, 1.54) is 41.0 Å². The fourth-order valence-corrected chi connectivity index (χ4v) is 11.2. The monoisotopic (exact) mass is 1040 g/mol. The predicted octanol–water partition coefficient (Wildman–Crippen LogP) is 4.73. The molecule has 4 aromatic rings. The summed E-state index contributed by atoms with van der Waals surface area (Å²) in [5, 5.41) is 14.4. The number of amides is 3. The molecular weight excluding hydrogens is 996 g/mol. The van der Waals surface area contributed by atoms with Crippen LogP contribution in [0.2, 0.25) is 0 Å². The van der Waals surface area contributed by atoms with Crippen molar-refractivity contribution in [1.82, 2.24) is 9.79 Å². The molecule has 3 amide bonds. The van der Waals surface area contributed by atoms with E-state index in [1.807, 2.05) is 23.5 Å². The Morgan fingerprint density at radius 3 is 1.90 bits per heavy atom. The molecule has 23 heteroatoms. The van der Waals surface area contributed by atoms with Crippen LogP contribution in [-0.4, -0.2) is 155 Å². The summed E-state index contributed by atoms with van der Waals surface area (Å²) in [5.74, 6) is -3.74. The Hall–Kier alpha value is -4.95. The quantitative estimate of drug-likeness (QED) is 0.0332. The molecule has 0 aromatic heterocycles. The third-order valence-corrected chi connectivity index (χ3v) is 15.1. The first kappa shape index (κ1) is 52.9. The van der Waals surface area contributed by atoms with Crippen molar-refractivity contribution in [2.45, 2.75) is 86.8 Å². The molecule has 0 unspecified atom stereocenters. The van der Waals surface area contributed by atoms with Gasteiger partial charge in [-0.05, 0) is 96.3 Å². The van der Waals surface area contributed by atoms with Gasteiger partial charge in [-0.1, -0.05) is 38.5 Å². The number of fused-ring (bicyclic) bond motifs is 6. The number of unbranched alkanes of at least 4 members (excludes halogenated alkanes) is 2. The van der Waals surface area contributed by atoms with Crippen molar-refractivity contribution in [2.75, 3.05) is 24.2 Å². The zero-order valence-corrected chi connectivity index (χ0v) is 44.5. The van der Waals surface area contributed by atoms with Crippen LogP contribution in [0.5, 0.6) is 0 Å². The van der Waals surface area contributed by atoms with Crippen molar-refractivity contribution in [2.24, 2.45) is 0 Å². The van der Waals surface area contributed by atoms with Crippen LogP contribution in [0.4, 0.5) is 11.4 Å².